The molecule has 1 fully saturated rings. The summed E-state index contributed by atoms with van der Waals surface area (Å²) >= 11 is 0. The van der Waals surface area contributed by atoms with E-state index in [2.05, 4.69) is 41.8 Å². The summed E-state index contributed by atoms with van der Waals surface area (Å²) in [6, 6.07) is 8.26. The predicted octanol–water partition coefficient (Wildman–Crippen LogP) is 1.79. The number of amides is 1. The molecule has 3 nitrogen and oxygen atoms in total. The molecule has 0 aromatic heterocycles. The van der Waals surface area contributed by atoms with E-state index in [-0.39, 0.29) is 24.4 Å². The lowest BCUT2D eigenvalue weighted by molar-refractivity contribution is -0.122. The third-order valence-electron chi connectivity index (χ3n) is 2.96. The average Bonchev–Trinajstić information content (AvgIpc) is 2.81. The van der Waals surface area contributed by atoms with Crippen molar-refractivity contribution in [3.63, 3.8) is 0 Å². The number of aryl methyl sites for hydroxylation is 1. The molecule has 2 rings (SSSR count). The van der Waals surface area contributed by atoms with Gasteiger partial charge in [0.2, 0.25) is 5.91 Å². The van der Waals surface area contributed by atoms with Gasteiger partial charge in [0, 0.05) is 6.54 Å². The molecule has 2 N–H and O–H groups in total. The first-order chi connectivity index (χ1) is 7.75. The van der Waals surface area contributed by atoms with E-state index in [1.165, 1.54) is 5.56 Å². The Balaban J connectivity index is 0.00000144. The van der Waals surface area contributed by atoms with Crippen LogP contribution in [0, 0.1) is 6.92 Å². The summed E-state index contributed by atoms with van der Waals surface area (Å²) in [4.78, 5) is 11.7. The monoisotopic (exact) mass is 254 g/mol. The summed E-state index contributed by atoms with van der Waals surface area (Å²) < 4.78 is 0. The van der Waals surface area contributed by atoms with E-state index in [1.807, 2.05) is 0 Å². The fourth-order valence-electron chi connectivity index (χ4n) is 1.93. The highest BCUT2D eigenvalue weighted by Gasteiger charge is 2.21. The van der Waals surface area contributed by atoms with Crippen molar-refractivity contribution in [2.45, 2.75) is 32.4 Å². The van der Waals surface area contributed by atoms with Crippen LogP contribution in [0.15, 0.2) is 24.3 Å². The quantitative estimate of drug-likeness (QED) is 0.864. The zero-order valence-electron chi connectivity index (χ0n) is 10.0. The van der Waals surface area contributed by atoms with E-state index in [0.29, 0.717) is 6.54 Å². The SMILES string of the molecule is Cc1ccc(CNC(=O)C2CCCN2)cc1.Cl. The van der Waals surface area contributed by atoms with Crippen LogP contribution >= 0.6 is 12.4 Å². The van der Waals surface area contributed by atoms with Crippen LogP contribution in [0.1, 0.15) is 24.0 Å². The minimum absolute atomic E-state index is 0. The second kappa shape index (κ2) is 6.62. The molecular weight excluding hydrogens is 236 g/mol. The van der Waals surface area contributed by atoms with E-state index in [0.717, 1.165) is 24.9 Å². The second-order valence-corrected chi connectivity index (χ2v) is 4.35. The van der Waals surface area contributed by atoms with Crippen molar-refractivity contribution in [1.29, 1.82) is 0 Å². The van der Waals surface area contributed by atoms with Crippen molar-refractivity contribution in [2.24, 2.45) is 0 Å². The summed E-state index contributed by atoms with van der Waals surface area (Å²) in [5.41, 5.74) is 2.39. The van der Waals surface area contributed by atoms with Crippen LogP contribution < -0.4 is 10.6 Å². The van der Waals surface area contributed by atoms with Crippen molar-refractivity contribution in [2.75, 3.05) is 6.54 Å². The lowest BCUT2D eigenvalue weighted by Crippen LogP contribution is -2.39. The average molecular weight is 255 g/mol. The van der Waals surface area contributed by atoms with Gasteiger partial charge in [-0.05, 0) is 31.9 Å². The maximum absolute atomic E-state index is 11.7. The predicted molar refractivity (Wildman–Crippen MR) is 71.3 cm³/mol. The Bertz CT molecular complexity index is 358. The molecule has 1 aromatic carbocycles. The minimum Gasteiger partial charge on any atom is -0.351 e. The molecule has 0 saturated carbocycles. The first-order valence-electron chi connectivity index (χ1n) is 5.82. The molecular formula is C13H19ClN2O. The van der Waals surface area contributed by atoms with Crippen LogP contribution in [-0.2, 0) is 11.3 Å². The molecule has 1 aromatic rings. The Kier molecular flexibility index (Phi) is 5.45. The van der Waals surface area contributed by atoms with E-state index >= 15 is 0 Å². The molecule has 1 unspecified atom stereocenters. The van der Waals surface area contributed by atoms with Gasteiger partial charge < -0.3 is 10.6 Å². The Morgan fingerprint density at radius 3 is 2.71 bits per heavy atom. The summed E-state index contributed by atoms with van der Waals surface area (Å²) in [5.74, 6) is 0.123. The molecule has 0 spiro atoms. The number of carbonyl (C=O) groups is 1. The van der Waals surface area contributed by atoms with Gasteiger partial charge in [0.05, 0.1) is 6.04 Å². The van der Waals surface area contributed by atoms with Gasteiger partial charge in [0.25, 0.3) is 0 Å². The Morgan fingerprint density at radius 2 is 2.12 bits per heavy atom. The van der Waals surface area contributed by atoms with E-state index < -0.39 is 0 Å². The normalized spacial score (nSPS) is 18.5. The van der Waals surface area contributed by atoms with E-state index in [1.54, 1.807) is 0 Å². The molecule has 1 aliphatic heterocycles. The third kappa shape index (κ3) is 4.02. The van der Waals surface area contributed by atoms with Gasteiger partial charge in [-0.3, -0.25) is 4.79 Å². The highest BCUT2D eigenvalue weighted by atomic mass is 35.5. The molecule has 0 aliphatic carbocycles. The van der Waals surface area contributed by atoms with Crippen LogP contribution in [0.5, 0.6) is 0 Å². The number of carbonyl (C=O) groups excluding carboxylic acids is 1. The number of hydrogen-bond acceptors (Lipinski definition) is 2. The summed E-state index contributed by atoms with van der Waals surface area (Å²) in [6.07, 6.45) is 2.06. The van der Waals surface area contributed by atoms with E-state index in [9.17, 15) is 4.79 Å². The molecule has 0 radical (unpaired) electrons. The Labute approximate surface area is 108 Å². The highest BCUT2D eigenvalue weighted by molar-refractivity contribution is 5.85. The van der Waals surface area contributed by atoms with Gasteiger partial charge in [0.15, 0.2) is 0 Å². The molecule has 1 saturated heterocycles. The van der Waals surface area contributed by atoms with Crippen LogP contribution in [0.3, 0.4) is 0 Å². The third-order valence-corrected chi connectivity index (χ3v) is 2.96. The number of nitrogens with one attached hydrogen (secondary N) is 2. The largest absolute Gasteiger partial charge is 0.351 e. The van der Waals surface area contributed by atoms with Crippen molar-refractivity contribution in [1.82, 2.24) is 10.6 Å². The van der Waals surface area contributed by atoms with Crippen molar-refractivity contribution < 1.29 is 4.79 Å². The standard InChI is InChI=1S/C13H18N2O.ClH/c1-10-4-6-11(7-5-10)9-15-13(16)12-3-2-8-14-12;/h4-7,12,14H,2-3,8-9H2,1H3,(H,15,16);1H. The van der Waals surface area contributed by atoms with Gasteiger partial charge in [0.1, 0.15) is 0 Å². The summed E-state index contributed by atoms with van der Waals surface area (Å²) in [6.45, 7) is 3.64. The first-order valence-corrected chi connectivity index (χ1v) is 5.82. The lowest BCUT2D eigenvalue weighted by Gasteiger charge is -2.11. The van der Waals surface area contributed by atoms with Crippen LogP contribution in [0.4, 0.5) is 0 Å². The molecule has 1 aliphatic rings. The van der Waals surface area contributed by atoms with Crippen LogP contribution in [0.25, 0.3) is 0 Å². The van der Waals surface area contributed by atoms with Crippen molar-refractivity contribution >= 4 is 18.3 Å². The Hall–Kier alpha value is -1.06. The van der Waals surface area contributed by atoms with Gasteiger partial charge in [-0.25, -0.2) is 0 Å². The Morgan fingerprint density at radius 1 is 1.41 bits per heavy atom. The molecule has 0 bridgehead atoms. The van der Waals surface area contributed by atoms with Gasteiger partial charge >= 0.3 is 0 Å². The van der Waals surface area contributed by atoms with Gasteiger partial charge in [-0.15, -0.1) is 12.4 Å². The molecule has 94 valence electrons. The zero-order chi connectivity index (χ0) is 11.4. The van der Waals surface area contributed by atoms with Crippen molar-refractivity contribution in [3.8, 4) is 0 Å². The number of halogens is 1. The zero-order valence-corrected chi connectivity index (χ0v) is 10.8. The molecule has 1 heterocycles. The number of benzene rings is 1. The van der Waals surface area contributed by atoms with Gasteiger partial charge in [-0.2, -0.15) is 0 Å². The maximum atomic E-state index is 11.7. The van der Waals surface area contributed by atoms with E-state index in [4.69, 9.17) is 0 Å². The lowest BCUT2D eigenvalue weighted by atomic mass is 10.1. The highest BCUT2D eigenvalue weighted by Crippen LogP contribution is 2.06. The fourth-order valence-corrected chi connectivity index (χ4v) is 1.93. The smallest absolute Gasteiger partial charge is 0.237 e. The number of hydrogen-bond donors (Lipinski definition) is 2. The first kappa shape index (κ1) is 14.0. The molecule has 1 atom stereocenters. The molecule has 1 amide bonds. The maximum Gasteiger partial charge on any atom is 0.237 e. The van der Waals surface area contributed by atoms with Crippen LogP contribution in [0.2, 0.25) is 0 Å². The fraction of sp³-hybridized carbons (Fsp3) is 0.462. The number of rotatable bonds is 3. The van der Waals surface area contributed by atoms with Gasteiger partial charge in [-0.1, -0.05) is 29.8 Å². The van der Waals surface area contributed by atoms with Crippen LogP contribution in [-0.4, -0.2) is 18.5 Å². The topological polar surface area (TPSA) is 41.1 Å². The minimum atomic E-state index is 0. The summed E-state index contributed by atoms with van der Waals surface area (Å²) in [7, 11) is 0. The second-order valence-electron chi connectivity index (χ2n) is 4.35. The summed E-state index contributed by atoms with van der Waals surface area (Å²) in [5, 5.41) is 6.15. The molecule has 17 heavy (non-hydrogen) atoms. The molecule has 4 heteroatoms. The van der Waals surface area contributed by atoms with Crippen molar-refractivity contribution in [3.05, 3.63) is 35.4 Å².